The number of hydrogen-bond donors (Lipinski definition) is 2. The first kappa shape index (κ1) is 5.54. The fourth-order valence-corrected chi connectivity index (χ4v) is 0.642. The summed E-state index contributed by atoms with van der Waals surface area (Å²) in [6.45, 7) is 0. The van der Waals surface area contributed by atoms with Crippen molar-refractivity contribution >= 4 is 0 Å². The van der Waals surface area contributed by atoms with Crippen molar-refractivity contribution in [1.29, 1.82) is 0 Å². The minimum absolute atomic E-state index is 0.0139. The molecule has 0 heterocycles. The molecule has 44 valence electrons. The highest BCUT2D eigenvalue weighted by atomic mass is 14.8. The quantitative estimate of drug-likeness (QED) is 0.452. The molecule has 8 heavy (non-hydrogen) atoms. The lowest BCUT2D eigenvalue weighted by Crippen LogP contribution is -2.39. The van der Waals surface area contributed by atoms with Crippen LogP contribution in [0.1, 0.15) is 0 Å². The van der Waals surface area contributed by atoms with Crippen LogP contribution in [0.25, 0.3) is 0 Å². The van der Waals surface area contributed by atoms with Gasteiger partial charge in [-0.3, -0.25) is 0 Å². The zero-order valence-electron chi connectivity index (χ0n) is 4.62. The minimum Gasteiger partial charge on any atom is -0.323 e. The SMILES string of the molecule is NC1C=CC=CC1N. The molecule has 0 aromatic heterocycles. The molecule has 0 radical (unpaired) electrons. The molecule has 0 bridgehead atoms. The van der Waals surface area contributed by atoms with E-state index in [1.54, 1.807) is 0 Å². The van der Waals surface area contributed by atoms with Gasteiger partial charge in [-0.2, -0.15) is 0 Å². The maximum atomic E-state index is 5.52. The van der Waals surface area contributed by atoms with Gasteiger partial charge in [0, 0.05) is 12.1 Å². The summed E-state index contributed by atoms with van der Waals surface area (Å²) in [4.78, 5) is 0. The van der Waals surface area contributed by atoms with Crippen molar-refractivity contribution in [3.05, 3.63) is 24.3 Å². The van der Waals surface area contributed by atoms with E-state index in [-0.39, 0.29) is 12.1 Å². The zero-order chi connectivity index (χ0) is 5.98. The Morgan fingerprint density at radius 1 is 0.875 bits per heavy atom. The first-order valence-electron chi connectivity index (χ1n) is 2.67. The van der Waals surface area contributed by atoms with Crippen molar-refractivity contribution in [1.82, 2.24) is 0 Å². The lowest BCUT2D eigenvalue weighted by Gasteiger charge is -2.13. The molecule has 0 aliphatic heterocycles. The van der Waals surface area contributed by atoms with Gasteiger partial charge in [0.2, 0.25) is 0 Å². The highest BCUT2D eigenvalue weighted by Gasteiger charge is 2.06. The maximum Gasteiger partial charge on any atom is 0.0417 e. The summed E-state index contributed by atoms with van der Waals surface area (Å²) < 4.78 is 0. The topological polar surface area (TPSA) is 52.0 Å². The first-order chi connectivity index (χ1) is 3.80. The molecule has 0 spiro atoms. The number of nitrogens with two attached hydrogens (primary N) is 2. The van der Waals surface area contributed by atoms with E-state index in [1.165, 1.54) is 0 Å². The first-order valence-corrected chi connectivity index (χ1v) is 2.67. The van der Waals surface area contributed by atoms with Crippen LogP contribution in [0.3, 0.4) is 0 Å². The van der Waals surface area contributed by atoms with Gasteiger partial charge in [-0.25, -0.2) is 0 Å². The molecule has 0 aromatic rings. The van der Waals surface area contributed by atoms with Gasteiger partial charge in [0.25, 0.3) is 0 Å². The Kier molecular flexibility index (Phi) is 1.46. The fraction of sp³-hybridized carbons (Fsp3) is 0.333. The Labute approximate surface area is 48.9 Å². The molecule has 0 aromatic carbocycles. The van der Waals surface area contributed by atoms with Gasteiger partial charge in [-0.05, 0) is 0 Å². The van der Waals surface area contributed by atoms with Crippen molar-refractivity contribution in [2.24, 2.45) is 11.5 Å². The fourth-order valence-electron chi connectivity index (χ4n) is 0.642. The molecule has 0 fully saturated rings. The zero-order valence-corrected chi connectivity index (χ0v) is 4.62. The second-order valence-corrected chi connectivity index (χ2v) is 1.92. The summed E-state index contributed by atoms with van der Waals surface area (Å²) in [6.07, 6.45) is 7.61. The number of hydrogen-bond acceptors (Lipinski definition) is 2. The van der Waals surface area contributed by atoms with Gasteiger partial charge in [0.05, 0.1) is 0 Å². The number of rotatable bonds is 0. The van der Waals surface area contributed by atoms with Crippen LogP contribution in [0.2, 0.25) is 0 Å². The van der Waals surface area contributed by atoms with Crippen LogP contribution in [-0.4, -0.2) is 12.1 Å². The second kappa shape index (κ2) is 2.11. The van der Waals surface area contributed by atoms with E-state index in [0.717, 1.165) is 0 Å². The summed E-state index contributed by atoms with van der Waals surface area (Å²) in [5.74, 6) is 0. The van der Waals surface area contributed by atoms with Gasteiger partial charge in [0.1, 0.15) is 0 Å². The van der Waals surface area contributed by atoms with E-state index in [4.69, 9.17) is 11.5 Å². The monoisotopic (exact) mass is 110 g/mol. The lowest BCUT2D eigenvalue weighted by atomic mass is 10.1. The van der Waals surface area contributed by atoms with Crippen molar-refractivity contribution in [2.75, 3.05) is 0 Å². The molecule has 0 saturated heterocycles. The predicted octanol–water partition coefficient (Wildman–Crippen LogP) is -0.233. The normalized spacial score (nSPS) is 35.8. The van der Waals surface area contributed by atoms with E-state index in [2.05, 4.69) is 0 Å². The number of allylic oxidation sites excluding steroid dienone is 2. The van der Waals surface area contributed by atoms with E-state index in [0.29, 0.717) is 0 Å². The highest BCUT2D eigenvalue weighted by molar-refractivity contribution is 5.18. The molecular weight excluding hydrogens is 100 g/mol. The van der Waals surface area contributed by atoms with Crippen LogP contribution in [0.15, 0.2) is 24.3 Å². The van der Waals surface area contributed by atoms with Gasteiger partial charge < -0.3 is 11.5 Å². The lowest BCUT2D eigenvalue weighted by molar-refractivity contribution is 0.699. The van der Waals surface area contributed by atoms with E-state index < -0.39 is 0 Å². The van der Waals surface area contributed by atoms with Gasteiger partial charge in [0.15, 0.2) is 0 Å². The minimum atomic E-state index is 0.0139. The molecule has 0 amide bonds. The molecule has 0 saturated carbocycles. The molecular formula is C6H10N2. The van der Waals surface area contributed by atoms with Crippen molar-refractivity contribution in [3.8, 4) is 0 Å². The molecule has 1 aliphatic carbocycles. The van der Waals surface area contributed by atoms with Gasteiger partial charge in [-0.15, -0.1) is 0 Å². The van der Waals surface area contributed by atoms with Crippen LogP contribution < -0.4 is 11.5 Å². The third-order valence-corrected chi connectivity index (χ3v) is 1.22. The largest absolute Gasteiger partial charge is 0.323 e. The Bertz CT molecular complexity index is 110. The Hall–Kier alpha value is -0.600. The summed E-state index contributed by atoms with van der Waals surface area (Å²) in [6, 6.07) is 0.0278. The molecule has 4 N–H and O–H groups in total. The molecule has 2 heteroatoms. The third kappa shape index (κ3) is 0.967. The van der Waals surface area contributed by atoms with Crippen LogP contribution in [0.5, 0.6) is 0 Å². The molecule has 1 rings (SSSR count). The summed E-state index contributed by atoms with van der Waals surface area (Å²) in [5.41, 5.74) is 11.0. The van der Waals surface area contributed by atoms with Gasteiger partial charge >= 0.3 is 0 Å². The average Bonchev–Trinajstić information content (AvgIpc) is 1.77. The molecule has 1 aliphatic rings. The molecule has 2 atom stereocenters. The molecule has 2 unspecified atom stereocenters. The van der Waals surface area contributed by atoms with E-state index >= 15 is 0 Å². The van der Waals surface area contributed by atoms with Gasteiger partial charge in [-0.1, -0.05) is 24.3 Å². The Morgan fingerprint density at radius 2 is 1.25 bits per heavy atom. The Morgan fingerprint density at radius 3 is 1.50 bits per heavy atom. The smallest absolute Gasteiger partial charge is 0.0417 e. The predicted molar refractivity (Wildman–Crippen MR) is 34.2 cm³/mol. The van der Waals surface area contributed by atoms with Crippen molar-refractivity contribution < 1.29 is 0 Å². The van der Waals surface area contributed by atoms with Crippen LogP contribution in [0, 0.1) is 0 Å². The van der Waals surface area contributed by atoms with Crippen molar-refractivity contribution in [2.45, 2.75) is 12.1 Å². The Balaban J connectivity index is 2.59. The van der Waals surface area contributed by atoms with Crippen molar-refractivity contribution in [3.63, 3.8) is 0 Å². The third-order valence-electron chi connectivity index (χ3n) is 1.22. The maximum absolute atomic E-state index is 5.52. The second-order valence-electron chi connectivity index (χ2n) is 1.92. The van der Waals surface area contributed by atoms with Crippen LogP contribution in [-0.2, 0) is 0 Å². The summed E-state index contributed by atoms with van der Waals surface area (Å²) in [5, 5.41) is 0. The average molecular weight is 110 g/mol. The van der Waals surface area contributed by atoms with E-state index in [9.17, 15) is 0 Å². The summed E-state index contributed by atoms with van der Waals surface area (Å²) in [7, 11) is 0. The molecule has 2 nitrogen and oxygen atoms in total. The highest BCUT2D eigenvalue weighted by Crippen LogP contribution is 1.97. The van der Waals surface area contributed by atoms with E-state index in [1.807, 2.05) is 24.3 Å². The van der Waals surface area contributed by atoms with Crippen LogP contribution >= 0.6 is 0 Å². The van der Waals surface area contributed by atoms with Crippen LogP contribution in [0.4, 0.5) is 0 Å². The standard InChI is InChI=1S/C6H10N2/c7-5-3-1-2-4-6(5)8/h1-6H,7-8H2. The summed E-state index contributed by atoms with van der Waals surface area (Å²) >= 11 is 0.